The predicted octanol–water partition coefficient (Wildman–Crippen LogP) is 2.37. The number of rotatable bonds is 10. The number of aryl methyl sites for hydroxylation is 2. The van der Waals surface area contributed by atoms with E-state index in [-0.39, 0.29) is 24.0 Å². The van der Waals surface area contributed by atoms with Gasteiger partial charge in [0, 0.05) is 57.4 Å². The maximum absolute atomic E-state index is 5.44. The van der Waals surface area contributed by atoms with Crippen LogP contribution in [0.15, 0.2) is 27.8 Å². The van der Waals surface area contributed by atoms with E-state index in [0.29, 0.717) is 6.54 Å². The van der Waals surface area contributed by atoms with Gasteiger partial charge in [0.2, 0.25) is 0 Å². The molecule has 0 unspecified atom stereocenters. The Morgan fingerprint density at radius 3 is 2.61 bits per heavy atom. The highest BCUT2D eigenvalue weighted by Gasteiger charge is 2.14. The number of hydrogen-bond acceptors (Lipinski definition) is 5. The first-order valence-corrected chi connectivity index (χ1v) is 11.1. The van der Waals surface area contributed by atoms with Crippen molar-refractivity contribution < 1.29 is 9.15 Å². The van der Waals surface area contributed by atoms with Crippen LogP contribution < -0.4 is 10.6 Å². The second-order valence-electron chi connectivity index (χ2n) is 7.50. The summed E-state index contributed by atoms with van der Waals surface area (Å²) < 4.78 is 12.9. The third kappa shape index (κ3) is 7.80. The average Bonchev–Trinajstić information content (AvgIpc) is 3.39. The van der Waals surface area contributed by atoms with Crippen LogP contribution in [0.2, 0.25) is 0 Å². The van der Waals surface area contributed by atoms with Crippen molar-refractivity contribution in [1.29, 1.82) is 0 Å². The van der Waals surface area contributed by atoms with Crippen LogP contribution in [-0.4, -0.2) is 66.6 Å². The van der Waals surface area contributed by atoms with E-state index in [1.807, 2.05) is 23.9 Å². The lowest BCUT2D eigenvalue weighted by molar-refractivity contribution is 0.0389. The number of ether oxygens (including phenoxy) is 1. The molecule has 0 aliphatic carbocycles. The molecule has 1 fully saturated rings. The first-order valence-electron chi connectivity index (χ1n) is 11.1. The topological polar surface area (TPSA) is 79.8 Å². The number of halogens is 1. The largest absolute Gasteiger partial charge is 0.469 e. The fraction of sp³-hybridized carbons (Fsp3) is 0.636. The number of nitrogens with one attached hydrogen (secondary N) is 2. The SMILES string of the molecule is CCc1nn(C)c(CC)c1CN=C(NCCc1ccco1)NCCN1CCOCC1.I. The Balaban J connectivity index is 0.00000341. The highest BCUT2D eigenvalue weighted by Crippen LogP contribution is 2.16. The highest BCUT2D eigenvalue weighted by atomic mass is 127. The van der Waals surface area contributed by atoms with Gasteiger partial charge in [0.05, 0.1) is 31.7 Å². The highest BCUT2D eigenvalue weighted by molar-refractivity contribution is 14.0. The van der Waals surface area contributed by atoms with Crippen LogP contribution in [-0.2, 0) is 37.6 Å². The molecule has 9 heteroatoms. The summed E-state index contributed by atoms with van der Waals surface area (Å²) in [6, 6.07) is 3.92. The molecule has 3 heterocycles. The van der Waals surface area contributed by atoms with Gasteiger partial charge >= 0.3 is 0 Å². The lowest BCUT2D eigenvalue weighted by atomic mass is 10.1. The van der Waals surface area contributed by atoms with Crippen molar-refractivity contribution in [3.05, 3.63) is 41.1 Å². The van der Waals surface area contributed by atoms with Gasteiger partial charge in [-0.15, -0.1) is 24.0 Å². The molecular formula is C22H37IN6O2. The van der Waals surface area contributed by atoms with E-state index in [1.165, 1.54) is 11.3 Å². The summed E-state index contributed by atoms with van der Waals surface area (Å²) in [5.41, 5.74) is 3.66. The van der Waals surface area contributed by atoms with E-state index >= 15 is 0 Å². The molecule has 2 aromatic heterocycles. The van der Waals surface area contributed by atoms with Crippen LogP contribution in [0.25, 0.3) is 0 Å². The van der Waals surface area contributed by atoms with Gasteiger partial charge in [-0.1, -0.05) is 13.8 Å². The number of furan rings is 1. The number of hydrogen-bond donors (Lipinski definition) is 2. The van der Waals surface area contributed by atoms with Crippen LogP contribution in [0.3, 0.4) is 0 Å². The minimum Gasteiger partial charge on any atom is -0.469 e. The minimum absolute atomic E-state index is 0. The quantitative estimate of drug-likeness (QED) is 0.272. The summed E-state index contributed by atoms with van der Waals surface area (Å²) >= 11 is 0. The van der Waals surface area contributed by atoms with Crippen molar-refractivity contribution in [2.45, 2.75) is 39.7 Å². The molecule has 8 nitrogen and oxygen atoms in total. The van der Waals surface area contributed by atoms with Gasteiger partial charge in [-0.25, -0.2) is 4.99 Å². The molecule has 174 valence electrons. The average molecular weight is 544 g/mol. The van der Waals surface area contributed by atoms with Crippen molar-refractivity contribution in [3.63, 3.8) is 0 Å². The summed E-state index contributed by atoms with van der Waals surface area (Å²) in [7, 11) is 2.02. The molecule has 1 aliphatic rings. The number of nitrogens with zero attached hydrogens (tertiary/aromatic N) is 4. The van der Waals surface area contributed by atoms with Crippen LogP contribution in [0.1, 0.15) is 36.6 Å². The monoisotopic (exact) mass is 544 g/mol. The van der Waals surface area contributed by atoms with Gasteiger partial charge < -0.3 is 19.8 Å². The van der Waals surface area contributed by atoms with Gasteiger partial charge in [-0.3, -0.25) is 9.58 Å². The number of aromatic nitrogens is 2. The Bertz CT molecular complexity index is 784. The van der Waals surface area contributed by atoms with Gasteiger partial charge in [-0.05, 0) is 25.0 Å². The van der Waals surface area contributed by atoms with E-state index in [9.17, 15) is 0 Å². The second kappa shape index (κ2) is 13.7. The van der Waals surface area contributed by atoms with Crippen molar-refractivity contribution in [2.24, 2.45) is 12.0 Å². The standard InChI is InChI=1S/C22H36N6O2.HI/c1-4-20-19(21(5-2)27(3)26-20)17-25-22(23-9-8-18-7-6-14-30-18)24-10-11-28-12-15-29-16-13-28;/h6-7,14H,4-5,8-13,15-17H2,1-3H3,(H2,23,24,25);1H. The minimum atomic E-state index is 0. The number of aliphatic imine (C=N–C) groups is 1. The molecule has 0 aromatic carbocycles. The zero-order valence-corrected chi connectivity index (χ0v) is 21.4. The smallest absolute Gasteiger partial charge is 0.191 e. The van der Waals surface area contributed by atoms with Crippen LogP contribution in [0.4, 0.5) is 0 Å². The maximum atomic E-state index is 5.44. The molecule has 0 atom stereocenters. The molecule has 1 saturated heterocycles. The molecule has 0 saturated carbocycles. The zero-order chi connectivity index (χ0) is 21.2. The summed E-state index contributed by atoms with van der Waals surface area (Å²) in [5.74, 6) is 1.81. The van der Waals surface area contributed by atoms with E-state index in [1.54, 1.807) is 6.26 Å². The molecule has 0 radical (unpaired) electrons. The third-order valence-electron chi connectivity index (χ3n) is 5.49. The molecule has 0 amide bonds. The normalized spacial score (nSPS) is 15.0. The van der Waals surface area contributed by atoms with Crippen molar-refractivity contribution >= 4 is 29.9 Å². The first kappa shape index (κ1) is 25.7. The van der Waals surface area contributed by atoms with E-state index in [4.69, 9.17) is 14.1 Å². The summed E-state index contributed by atoms with van der Waals surface area (Å²) in [5, 5.41) is 11.6. The third-order valence-corrected chi connectivity index (χ3v) is 5.49. The van der Waals surface area contributed by atoms with E-state index < -0.39 is 0 Å². The second-order valence-corrected chi connectivity index (χ2v) is 7.50. The van der Waals surface area contributed by atoms with Crippen molar-refractivity contribution in [1.82, 2.24) is 25.3 Å². The number of morpholine rings is 1. The summed E-state index contributed by atoms with van der Waals surface area (Å²) in [6.45, 7) is 11.2. The zero-order valence-electron chi connectivity index (χ0n) is 19.0. The van der Waals surface area contributed by atoms with Gasteiger partial charge in [0.25, 0.3) is 0 Å². The fourth-order valence-electron chi connectivity index (χ4n) is 3.82. The molecule has 2 N–H and O–H groups in total. The first-order chi connectivity index (χ1) is 14.7. The Morgan fingerprint density at radius 1 is 1.16 bits per heavy atom. The van der Waals surface area contributed by atoms with Gasteiger partial charge in [0.1, 0.15) is 5.76 Å². The summed E-state index contributed by atoms with van der Waals surface area (Å²) in [6.07, 6.45) is 4.42. The van der Waals surface area contributed by atoms with Crippen LogP contribution >= 0.6 is 24.0 Å². The Morgan fingerprint density at radius 2 is 1.94 bits per heavy atom. The lowest BCUT2D eigenvalue weighted by Gasteiger charge is -2.26. The van der Waals surface area contributed by atoms with E-state index in [0.717, 1.165) is 82.6 Å². The van der Waals surface area contributed by atoms with Crippen molar-refractivity contribution in [2.75, 3.05) is 45.9 Å². The Labute approximate surface area is 202 Å². The number of guanidine groups is 1. The molecule has 1 aliphatic heterocycles. The molecular weight excluding hydrogens is 507 g/mol. The van der Waals surface area contributed by atoms with Crippen LogP contribution in [0, 0.1) is 0 Å². The van der Waals surface area contributed by atoms with Crippen LogP contribution in [0.5, 0.6) is 0 Å². The summed E-state index contributed by atoms with van der Waals surface area (Å²) in [4.78, 5) is 7.31. The van der Waals surface area contributed by atoms with E-state index in [2.05, 4.69) is 34.5 Å². The molecule has 2 aromatic rings. The van der Waals surface area contributed by atoms with Gasteiger partial charge in [-0.2, -0.15) is 5.10 Å². The Hall–Kier alpha value is -1.59. The molecule has 3 rings (SSSR count). The Kier molecular flexibility index (Phi) is 11.4. The van der Waals surface area contributed by atoms with Gasteiger partial charge in [0.15, 0.2) is 5.96 Å². The molecule has 0 spiro atoms. The maximum Gasteiger partial charge on any atom is 0.191 e. The fourth-order valence-corrected chi connectivity index (χ4v) is 3.82. The molecule has 31 heavy (non-hydrogen) atoms. The molecule has 0 bridgehead atoms. The predicted molar refractivity (Wildman–Crippen MR) is 134 cm³/mol. The lowest BCUT2D eigenvalue weighted by Crippen LogP contribution is -2.44. The van der Waals surface area contributed by atoms with Crippen molar-refractivity contribution in [3.8, 4) is 0 Å².